The maximum atomic E-state index is 6.18. The van der Waals surface area contributed by atoms with Crippen molar-refractivity contribution in [1.29, 1.82) is 0 Å². The first kappa shape index (κ1) is 15.1. The molecule has 0 saturated carbocycles. The van der Waals surface area contributed by atoms with Crippen molar-refractivity contribution >= 4 is 23.2 Å². The van der Waals surface area contributed by atoms with Gasteiger partial charge in [-0.25, -0.2) is 0 Å². The average molecular weight is 333 g/mol. The van der Waals surface area contributed by atoms with Crippen molar-refractivity contribution in [1.82, 2.24) is 10.3 Å². The number of pyridine rings is 1. The molecule has 1 aromatic carbocycles. The number of hydrogen-bond acceptors (Lipinski definition) is 3. The lowest BCUT2D eigenvalue weighted by Crippen LogP contribution is -2.11. The van der Waals surface area contributed by atoms with E-state index in [4.69, 9.17) is 27.6 Å². The molecule has 3 nitrogen and oxygen atoms in total. The molecule has 22 heavy (non-hydrogen) atoms. The molecule has 2 heterocycles. The third-order valence-electron chi connectivity index (χ3n) is 3.23. The van der Waals surface area contributed by atoms with Crippen LogP contribution < -0.4 is 5.32 Å². The average Bonchev–Trinajstić information content (AvgIpc) is 2.99. The van der Waals surface area contributed by atoms with Gasteiger partial charge in [0.15, 0.2) is 0 Å². The Kier molecular flexibility index (Phi) is 4.78. The van der Waals surface area contributed by atoms with Crippen molar-refractivity contribution in [2.24, 2.45) is 0 Å². The maximum absolute atomic E-state index is 6.18. The van der Waals surface area contributed by atoms with Crippen LogP contribution in [0.5, 0.6) is 0 Å². The Morgan fingerprint density at radius 1 is 0.955 bits per heavy atom. The van der Waals surface area contributed by atoms with E-state index in [-0.39, 0.29) is 0 Å². The van der Waals surface area contributed by atoms with Crippen LogP contribution in [0.1, 0.15) is 11.3 Å². The molecule has 5 heteroatoms. The summed E-state index contributed by atoms with van der Waals surface area (Å²) in [6, 6.07) is 13.1. The minimum absolute atomic E-state index is 0.620. The smallest absolute Gasteiger partial charge is 0.135 e. The summed E-state index contributed by atoms with van der Waals surface area (Å²) >= 11 is 12.2. The van der Waals surface area contributed by atoms with Crippen LogP contribution >= 0.6 is 23.2 Å². The molecule has 3 rings (SSSR count). The fourth-order valence-electron chi connectivity index (χ4n) is 2.13. The summed E-state index contributed by atoms with van der Waals surface area (Å²) in [4.78, 5) is 3.99. The highest BCUT2D eigenvalue weighted by molar-refractivity contribution is 6.35. The first-order chi connectivity index (χ1) is 10.7. The van der Waals surface area contributed by atoms with E-state index in [0.29, 0.717) is 22.4 Å². The lowest BCUT2D eigenvalue weighted by molar-refractivity contribution is 0.493. The van der Waals surface area contributed by atoms with Crippen molar-refractivity contribution in [3.05, 3.63) is 76.2 Å². The summed E-state index contributed by atoms with van der Waals surface area (Å²) in [5.41, 5.74) is 1.98. The van der Waals surface area contributed by atoms with E-state index in [2.05, 4.69) is 10.3 Å². The predicted molar refractivity (Wildman–Crippen MR) is 88.9 cm³/mol. The van der Waals surface area contributed by atoms with Gasteiger partial charge in [-0.15, -0.1) is 0 Å². The second-order valence-electron chi connectivity index (χ2n) is 4.85. The summed E-state index contributed by atoms with van der Waals surface area (Å²) in [5, 5.41) is 4.58. The molecule has 0 saturated heterocycles. The zero-order valence-electron chi connectivity index (χ0n) is 11.7. The Bertz CT molecular complexity index is 756. The van der Waals surface area contributed by atoms with Crippen molar-refractivity contribution in [2.45, 2.75) is 13.1 Å². The Morgan fingerprint density at radius 3 is 2.59 bits per heavy atom. The van der Waals surface area contributed by atoms with E-state index in [1.807, 2.05) is 24.3 Å². The lowest BCUT2D eigenvalue weighted by Gasteiger charge is -2.03. The fourth-order valence-corrected chi connectivity index (χ4v) is 2.52. The van der Waals surface area contributed by atoms with Crippen LogP contribution in [-0.2, 0) is 13.1 Å². The van der Waals surface area contributed by atoms with E-state index < -0.39 is 0 Å². The molecule has 0 atom stereocenters. The molecule has 3 aromatic rings. The molecular formula is C17H14Cl2N2O. The van der Waals surface area contributed by atoms with Gasteiger partial charge in [0.2, 0.25) is 0 Å². The lowest BCUT2D eigenvalue weighted by atomic mass is 10.2. The number of hydrogen-bond donors (Lipinski definition) is 1. The third kappa shape index (κ3) is 3.69. The van der Waals surface area contributed by atoms with Crippen LogP contribution in [0.3, 0.4) is 0 Å². The molecule has 0 unspecified atom stereocenters. The molecule has 2 aromatic heterocycles. The van der Waals surface area contributed by atoms with Crippen molar-refractivity contribution in [3.63, 3.8) is 0 Å². The number of aromatic nitrogens is 1. The summed E-state index contributed by atoms with van der Waals surface area (Å²) < 4.78 is 5.83. The van der Waals surface area contributed by atoms with Gasteiger partial charge in [0.25, 0.3) is 0 Å². The highest BCUT2D eigenvalue weighted by Crippen LogP contribution is 2.31. The first-order valence-electron chi connectivity index (χ1n) is 6.86. The summed E-state index contributed by atoms with van der Waals surface area (Å²) in [7, 11) is 0. The number of nitrogens with one attached hydrogen (secondary N) is 1. The van der Waals surface area contributed by atoms with Gasteiger partial charge in [0, 0.05) is 29.5 Å². The predicted octanol–water partition coefficient (Wildman–Crippen LogP) is 4.94. The van der Waals surface area contributed by atoms with Crippen LogP contribution in [0.15, 0.2) is 59.3 Å². The Morgan fingerprint density at radius 2 is 1.77 bits per heavy atom. The molecule has 1 N–H and O–H groups in total. The maximum Gasteiger partial charge on any atom is 0.135 e. The Hall–Kier alpha value is -1.81. The first-order valence-corrected chi connectivity index (χ1v) is 7.62. The minimum atomic E-state index is 0.620. The van der Waals surface area contributed by atoms with Crippen molar-refractivity contribution < 1.29 is 4.42 Å². The number of furan rings is 1. The van der Waals surface area contributed by atoms with Gasteiger partial charge in [-0.05, 0) is 48.0 Å². The molecule has 0 bridgehead atoms. The van der Waals surface area contributed by atoms with Gasteiger partial charge >= 0.3 is 0 Å². The second-order valence-corrected chi connectivity index (χ2v) is 5.69. The van der Waals surface area contributed by atoms with Gasteiger partial charge in [-0.2, -0.15) is 0 Å². The van der Waals surface area contributed by atoms with Crippen LogP contribution in [0.25, 0.3) is 11.3 Å². The van der Waals surface area contributed by atoms with Crippen LogP contribution in [0.4, 0.5) is 0 Å². The van der Waals surface area contributed by atoms with Gasteiger partial charge in [0.1, 0.15) is 11.5 Å². The molecule has 0 fully saturated rings. The monoisotopic (exact) mass is 332 g/mol. The molecule has 112 valence electrons. The standard InChI is InChI=1S/C17H14Cl2N2O/c18-13-1-3-16(19)15(9-13)17-4-2-14(22-17)11-21-10-12-5-7-20-8-6-12/h1-9,21H,10-11H2. The van der Waals surface area contributed by atoms with Gasteiger partial charge < -0.3 is 9.73 Å². The van der Waals surface area contributed by atoms with Gasteiger partial charge in [0.05, 0.1) is 11.6 Å². The van der Waals surface area contributed by atoms with Crippen LogP contribution in [0, 0.1) is 0 Å². The molecule has 0 aliphatic heterocycles. The van der Waals surface area contributed by atoms with Gasteiger partial charge in [-0.3, -0.25) is 4.98 Å². The topological polar surface area (TPSA) is 38.1 Å². The zero-order chi connectivity index (χ0) is 15.4. The number of benzene rings is 1. The Labute approximate surface area is 138 Å². The van der Waals surface area contributed by atoms with Crippen LogP contribution in [0.2, 0.25) is 10.0 Å². The van der Waals surface area contributed by atoms with Crippen molar-refractivity contribution in [3.8, 4) is 11.3 Å². The Balaban J connectivity index is 1.65. The van der Waals surface area contributed by atoms with Gasteiger partial charge in [-0.1, -0.05) is 23.2 Å². The summed E-state index contributed by atoms with van der Waals surface area (Å²) in [6.45, 7) is 1.40. The normalized spacial score (nSPS) is 10.8. The SMILES string of the molecule is Clc1ccc(Cl)c(-c2ccc(CNCc3ccncc3)o2)c1. The summed E-state index contributed by atoms with van der Waals surface area (Å²) in [5.74, 6) is 1.56. The van der Waals surface area contributed by atoms with E-state index >= 15 is 0 Å². The molecule has 0 radical (unpaired) electrons. The molecule has 0 spiro atoms. The molecular weight excluding hydrogens is 319 g/mol. The van der Waals surface area contributed by atoms with Crippen LogP contribution in [-0.4, -0.2) is 4.98 Å². The quantitative estimate of drug-likeness (QED) is 0.719. The zero-order valence-corrected chi connectivity index (χ0v) is 13.2. The molecule has 0 aliphatic carbocycles. The van der Waals surface area contributed by atoms with E-state index in [1.165, 1.54) is 5.56 Å². The minimum Gasteiger partial charge on any atom is -0.460 e. The van der Waals surface area contributed by atoms with E-state index in [1.54, 1.807) is 30.6 Å². The number of halogens is 2. The largest absolute Gasteiger partial charge is 0.460 e. The second kappa shape index (κ2) is 6.97. The van der Waals surface area contributed by atoms with E-state index in [0.717, 1.165) is 17.9 Å². The number of nitrogens with zero attached hydrogens (tertiary/aromatic N) is 1. The highest BCUT2D eigenvalue weighted by Gasteiger charge is 2.09. The fraction of sp³-hybridized carbons (Fsp3) is 0.118. The van der Waals surface area contributed by atoms with Crippen molar-refractivity contribution in [2.75, 3.05) is 0 Å². The highest BCUT2D eigenvalue weighted by atomic mass is 35.5. The summed E-state index contributed by atoms with van der Waals surface area (Å²) in [6.07, 6.45) is 3.56. The number of rotatable bonds is 5. The third-order valence-corrected chi connectivity index (χ3v) is 3.80. The molecule has 0 aliphatic rings. The van der Waals surface area contributed by atoms with E-state index in [9.17, 15) is 0 Å². The molecule has 0 amide bonds.